The molecule has 0 aromatic heterocycles. The maximum Gasteiger partial charge on any atom is 0.0672 e. The molecule has 84 valence electrons. The molecular formula is C11H22OS2. The van der Waals surface area contributed by atoms with E-state index in [2.05, 4.69) is 20.8 Å². The molecule has 0 amide bonds. The number of aliphatic hydroxyl groups is 1. The van der Waals surface area contributed by atoms with Crippen molar-refractivity contribution in [1.82, 2.24) is 0 Å². The van der Waals surface area contributed by atoms with Crippen LogP contribution in [0.25, 0.3) is 0 Å². The van der Waals surface area contributed by atoms with Crippen molar-refractivity contribution in [1.29, 1.82) is 0 Å². The normalized spacial score (nSPS) is 30.6. The highest BCUT2D eigenvalue weighted by Crippen LogP contribution is 2.36. The first-order valence-electron chi connectivity index (χ1n) is 5.56. The van der Waals surface area contributed by atoms with Gasteiger partial charge >= 0.3 is 0 Å². The second kappa shape index (κ2) is 6.29. The van der Waals surface area contributed by atoms with Crippen molar-refractivity contribution in [2.45, 2.75) is 50.2 Å². The highest BCUT2D eigenvalue weighted by Gasteiger charge is 2.30. The van der Waals surface area contributed by atoms with Crippen molar-refractivity contribution in [2.75, 3.05) is 11.5 Å². The standard InChI is InChI=1S/C11H22OS2/c1-4-10-11(14-6-5-13-10)9(12)7-8(2)3/h8-12H,4-7H2,1-3H3. The molecule has 1 heterocycles. The van der Waals surface area contributed by atoms with Crippen LogP contribution in [0, 0.1) is 5.92 Å². The zero-order chi connectivity index (χ0) is 10.6. The van der Waals surface area contributed by atoms with Gasteiger partial charge in [0, 0.05) is 22.0 Å². The summed E-state index contributed by atoms with van der Waals surface area (Å²) in [6.07, 6.45) is 2.05. The molecule has 1 rings (SSSR count). The van der Waals surface area contributed by atoms with Crippen molar-refractivity contribution >= 4 is 23.5 Å². The Balaban J connectivity index is 2.45. The van der Waals surface area contributed by atoms with E-state index >= 15 is 0 Å². The fraction of sp³-hybridized carbons (Fsp3) is 1.00. The van der Waals surface area contributed by atoms with Gasteiger partial charge in [-0.15, -0.1) is 0 Å². The zero-order valence-electron chi connectivity index (χ0n) is 9.40. The largest absolute Gasteiger partial charge is 0.392 e. The van der Waals surface area contributed by atoms with Crippen LogP contribution in [0.2, 0.25) is 0 Å². The fourth-order valence-electron chi connectivity index (χ4n) is 1.91. The molecule has 0 bridgehead atoms. The number of aliphatic hydroxyl groups excluding tert-OH is 1. The van der Waals surface area contributed by atoms with Gasteiger partial charge < -0.3 is 5.11 Å². The Labute approximate surface area is 96.4 Å². The van der Waals surface area contributed by atoms with E-state index in [1.807, 2.05) is 23.5 Å². The lowest BCUT2D eigenvalue weighted by molar-refractivity contribution is 0.144. The van der Waals surface area contributed by atoms with E-state index in [1.165, 1.54) is 17.9 Å². The lowest BCUT2D eigenvalue weighted by Gasteiger charge is -2.34. The summed E-state index contributed by atoms with van der Waals surface area (Å²) in [5.41, 5.74) is 0. The molecule has 1 saturated heterocycles. The summed E-state index contributed by atoms with van der Waals surface area (Å²) in [4.78, 5) is 0. The third-order valence-corrected chi connectivity index (χ3v) is 5.98. The molecule has 1 nitrogen and oxygen atoms in total. The minimum atomic E-state index is -0.0993. The number of rotatable bonds is 4. The third kappa shape index (κ3) is 3.67. The Morgan fingerprint density at radius 1 is 1.29 bits per heavy atom. The molecule has 14 heavy (non-hydrogen) atoms. The Morgan fingerprint density at radius 3 is 2.50 bits per heavy atom. The van der Waals surface area contributed by atoms with Crippen LogP contribution in [0.4, 0.5) is 0 Å². The van der Waals surface area contributed by atoms with Crippen molar-refractivity contribution < 1.29 is 5.11 Å². The summed E-state index contributed by atoms with van der Waals surface area (Å²) >= 11 is 4.02. The van der Waals surface area contributed by atoms with Crippen LogP contribution in [0.15, 0.2) is 0 Å². The summed E-state index contributed by atoms with van der Waals surface area (Å²) in [6, 6.07) is 0. The molecule has 0 spiro atoms. The highest BCUT2D eigenvalue weighted by atomic mass is 32.2. The predicted octanol–water partition coefficient (Wildman–Crippen LogP) is 3.02. The molecule has 1 aliphatic heterocycles. The first-order valence-corrected chi connectivity index (χ1v) is 7.66. The van der Waals surface area contributed by atoms with Crippen LogP contribution in [-0.4, -0.2) is 33.2 Å². The molecule has 0 aromatic carbocycles. The smallest absolute Gasteiger partial charge is 0.0672 e. The third-order valence-electron chi connectivity index (χ3n) is 2.59. The Hall–Kier alpha value is 0.660. The first kappa shape index (κ1) is 12.7. The van der Waals surface area contributed by atoms with Crippen molar-refractivity contribution in [3.63, 3.8) is 0 Å². The van der Waals surface area contributed by atoms with Gasteiger partial charge in [-0.25, -0.2) is 0 Å². The summed E-state index contributed by atoms with van der Waals surface area (Å²) in [6.45, 7) is 6.61. The molecule has 0 aliphatic carbocycles. The van der Waals surface area contributed by atoms with Crippen LogP contribution in [0.1, 0.15) is 33.6 Å². The van der Waals surface area contributed by atoms with E-state index in [9.17, 15) is 5.11 Å². The Morgan fingerprint density at radius 2 is 1.93 bits per heavy atom. The van der Waals surface area contributed by atoms with Crippen LogP contribution in [-0.2, 0) is 0 Å². The minimum Gasteiger partial charge on any atom is -0.392 e. The number of thioether (sulfide) groups is 2. The topological polar surface area (TPSA) is 20.2 Å². The SMILES string of the molecule is CCC1SCCSC1C(O)CC(C)C. The summed E-state index contributed by atoms with van der Waals surface area (Å²) < 4.78 is 0. The number of hydrogen-bond donors (Lipinski definition) is 1. The fourth-order valence-corrected chi connectivity index (χ4v) is 5.08. The highest BCUT2D eigenvalue weighted by molar-refractivity contribution is 8.07. The molecule has 0 aromatic rings. The van der Waals surface area contributed by atoms with Gasteiger partial charge in [0.1, 0.15) is 0 Å². The average molecular weight is 234 g/mol. The van der Waals surface area contributed by atoms with Crippen molar-refractivity contribution in [2.24, 2.45) is 5.92 Å². The number of hydrogen-bond acceptors (Lipinski definition) is 3. The minimum absolute atomic E-state index is 0.0993. The summed E-state index contributed by atoms with van der Waals surface area (Å²) in [5, 5.41) is 11.3. The van der Waals surface area contributed by atoms with Gasteiger partial charge in [0.2, 0.25) is 0 Å². The quantitative estimate of drug-likeness (QED) is 0.807. The molecular weight excluding hydrogens is 212 g/mol. The van der Waals surface area contributed by atoms with E-state index in [1.54, 1.807) is 0 Å². The van der Waals surface area contributed by atoms with Crippen LogP contribution in [0.5, 0.6) is 0 Å². The second-order valence-electron chi connectivity index (χ2n) is 4.35. The van der Waals surface area contributed by atoms with E-state index in [-0.39, 0.29) is 6.10 Å². The molecule has 3 unspecified atom stereocenters. The lowest BCUT2D eigenvalue weighted by atomic mass is 10.0. The zero-order valence-corrected chi connectivity index (χ0v) is 11.0. The molecule has 0 radical (unpaired) electrons. The molecule has 3 atom stereocenters. The van der Waals surface area contributed by atoms with Crippen molar-refractivity contribution in [3.05, 3.63) is 0 Å². The van der Waals surface area contributed by atoms with Gasteiger partial charge in [-0.3, -0.25) is 0 Å². The Bertz CT molecular complexity index is 161. The maximum atomic E-state index is 10.1. The van der Waals surface area contributed by atoms with Crippen molar-refractivity contribution in [3.8, 4) is 0 Å². The van der Waals surface area contributed by atoms with Crippen LogP contribution < -0.4 is 0 Å². The molecule has 3 heteroatoms. The average Bonchev–Trinajstić information content (AvgIpc) is 2.16. The lowest BCUT2D eigenvalue weighted by Crippen LogP contribution is -2.36. The van der Waals surface area contributed by atoms with E-state index in [0.717, 1.165) is 6.42 Å². The van der Waals surface area contributed by atoms with Gasteiger partial charge in [0.05, 0.1) is 6.10 Å². The molecule has 1 N–H and O–H groups in total. The molecule has 1 fully saturated rings. The van der Waals surface area contributed by atoms with Crippen LogP contribution >= 0.6 is 23.5 Å². The van der Waals surface area contributed by atoms with Crippen LogP contribution in [0.3, 0.4) is 0 Å². The summed E-state index contributed by atoms with van der Waals surface area (Å²) in [5.74, 6) is 3.07. The molecule has 0 saturated carbocycles. The van der Waals surface area contributed by atoms with Gasteiger partial charge in [0.25, 0.3) is 0 Å². The van der Waals surface area contributed by atoms with E-state index < -0.39 is 0 Å². The maximum absolute atomic E-state index is 10.1. The first-order chi connectivity index (χ1) is 6.65. The van der Waals surface area contributed by atoms with Gasteiger partial charge in [-0.05, 0) is 18.8 Å². The van der Waals surface area contributed by atoms with Gasteiger partial charge in [0.15, 0.2) is 0 Å². The predicted molar refractivity (Wildman–Crippen MR) is 68.2 cm³/mol. The second-order valence-corrected chi connectivity index (χ2v) is 6.98. The monoisotopic (exact) mass is 234 g/mol. The van der Waals surface area contributed by atoms with E-state index in [0.29, 0.717) is 16.4 Å². The Kier molecular flexibility index (Phi) is 5.72. The molecule has 1 aliphatic rings. The van der Waals surface area contributed by atoms with Gasteiger partial charge in [-0.1, -0.05) is 20.8 Å². The van der Waals surface area contributed by atoms with E-state index in [4.69, 9.17) is 0 Å². The summed E-state index contributed by atoms with van der Waals surface area (Å²) in [7, 11) is 0. The van der Waals surface area contributed by atoms with Gasteiger partial charge in [-0.2, -0.15) is 23.5 Å².